The van der Waals surface area contributed by atoms with Crippen molar-refractivity contribution >= 4 is 11.9 Å². The lowest BCUT2D eigenvalue weighted by Gasteiger charge is -2.03. The molecule has 0 aliphatic rings. The molecule has 0 saturated carbocycles. The third-order valence-corrected chi connectivity index (χ3v) is 1.88. The standard InChI is InChI=1S/C11H15N3/c1-9(2)10(7-12)8-14-11-3-5-13-6-4-11/h3-9H,12H2,1-2H3/b10-7+,14-8?. The van der Waals surface area contributed by atoms with Crippen molar-refractivity contribution in [2.45, 2.75) is 13.8 Å². The summed E-state index contributed by atoms with van der Waals surface area (Å²) in [4.78, 5) is 8.20. The minimum absolute atomic E-state index is 0.394. The summed E-state index contributed by atoms with van der Waals surface area (Å²) >= 11 is 0. The normalized spacial score (nSPS) is 12.6. The van der Waals surface area contributed by atoms with Gasteiger partial charge in [-0.3, -0.25) is 9.98 Å². The Kier molecular flexibility index (Phi) is 3.85. The maximum atomic E-state index is 5.47. The van der Waals surface area contributed by atoms with E-state index in [4.69, 9.17) is 5.73 Å². The van der Waals surface area contributed by atoms with Crippen molar-refractivity contribution in [3.63, 3.8) is 0 Å². The van der Waals surface area contributed by atoms with Crippen LogP contribution >= 0.6 is 0 Å². The van der Waals surface area contributed by atoms with E-state index in [1.807, 2.05) is 12.1 Å². The van der Waals surface area contributed by atoms with Crippen LogP contribution in [0.3, 0.4) is 0 Å². The maximum Gasteiger partial charge on any atom is 0.0660 e. The number of aromatic nitrogens is 1. The minimum atomic E-state index is 0.394. The number of pyridine rings is 1. The second-order valence-corrected chi connectivity index (χ2v) is 3.28. The fourth-order valence-electron chi connectivity index (χ4n) is 0.964. The molecule has 0 aliphatic heterocycles. The molecule has 0 atom stereocenters. The predicted octanol–water partition coefficient (Wildman–Crippen LogP) is 2.28. The van der Waals surface area contributed by atoms with Crippen molar-refractivity contribution in [3.8, 4) is 0 Å². The molecule has 1 aromatic heterocycles. The van der Waals surface area contributed by atoms with Crippen LogP contribution in [0.2, 0.25) is 0 Å². The summed E-state index contributed by atoms with van der Waals surface area (Å²) in [5, 5.41) is 0. The first kappa shape index (κ1) is 10.4. The van der Waals surface area contributed by atoms with E-state index in [9.17, 15) is 0 Å². The molecule has 0 saturated heterocycles. The zero-order valence-electron chi connectivity index (χ0n) is 8.51. The Morgan fingerprint density at radius 1 is 1.43 bits per heavy atom. The summed E-state index contributed by atoms with van der Waals surface area (Å²) in [6.45, 7) is 4.16. The number of allylic oxidation sites excluding steroid dienone is 1. The molecule has 1 heterocycles. The SMILES string of the molecule is CC(C)/C(C=Nc1ccncc1)=C/N. The van der Waals surface area contributed by atoms with E-state index >= 15 is 0 Å². The van der Waals surface area contributed by atoms with Crippen LogP contribution in [-0.2, 0) is 0 Å². The number of nitrogens with two attached hydrogens (primary N) is 1. The number of aliphatic imine (C=N–C) groups is 1. The molecule has 0 radical (unpaired) electrons. The molecule has 0 spiro atoms. The van der Waals surface area contributed by atoms with Gasteiger partial charge in [0.15, 0.2) is 0 Å². The van der Waals surface area contributed by atoms with Gasteiger partial charge in [0.25, 0.3) is 0 Å². The molecule has 0 amide bonds. The molecular weight excluding hydrogens is 174 g/mol. The molecule has 1 aromatic rings. The van der Waals surface area contributed by atoms with Crippen molar-refractivity contribution in [3.05, 3.63) is 36.3 Å². The van der Waals surface area contributed by atoms with Crippen molar-refractivity contribution in [2.75, 3.05) is 0 Å². The van der Waals surface area contributed by atoms with Crippen molar-refractivity contribution in [1.29, 1.82) is 0 Å². The molecule has 2 N–H and O–H groups in total. The molecule has 3 heteroatoms. The predicted molar refractivity (Wildman–Crippen MR) is 59.5 cm³/mol. The first-order valence-electron chi connectivity index (χ1n) is 4.60. The Labute approximate surface area is 84.4 Å². The summed E-state index contributed by atoms with van der Waals surface area (Å²) in [6, 6.07) is 3.70. The highest BCUT2D eigenvalue weighted by atomic mass is 14.7. The lowest BCUT2D eigenvalue weighted by molar-refractivity contribution is 0.803. The molecule has 0 unspecified atom stereocenters. The second-order valence-electron chi connectivity index (χ2n) is 3.28. The Hall–Kier alpha value is -1.64. The lowest BCUT2D eigenvalue weighted by Crippen LogP contribution is -1.98. The Balaban J connectivity index is 2.73. The highest BCUT2D eigenvalue weighted by Gasteiger charge is 1.97. The Bertz CT molecular complexity index is 326. The minimum Gasteiger partial charge on any atom is -0.404 e. The zero-order valence-corrected chi connectivity index (χ0v) is 8.51. The van der Waals surface area contributed by atoms with E-state index in [0.29, 0.717) is 5.92 Å². The highest BCUT2D eigenvalue weighted by Crippen LogP contribution is 2.11. The molecule has 0 aliphatic carbocycles. The fraction of sp³-hybridized carbons (Fsp3) is 0.273. The summed E-state index contributed by atoms with van der Waals surface area (Å²) in [6.07, 6.45) is 6.82. The Morgan fingerprint density at radius 2 is 2.07 bits per heavy atom. The van der Waals surface area contributed by atoms with Crippen LogP contribution in [0.1, 0.15) is 13.8 Å². The first-order chi connectivity index (χ1) is 6.74. The van der Waals surface area contributed by atoms with Gasteiger partial charge in [-0.15, -0.1) is 0 Å². The topological polar surface area (TPSA) is 51.3 Å². The fourth-order valence-corrected chi connectivity index (χ4v) is 0.964. The lowest BCUT2D eigenvalue weighted by atomic mass is 10.1. The molecule has 0 fully saturated rings. The summed E-state index contributed by atoms with van der Waals surface area (Å²) in [7, 11) is 0. The molecular formula is C11H15N3. The number of nitrogens with zero attached hydrogens (tertiary/aromatic N) is 2. The van der Waals surface area contributed by atoms with Gasteiger partial charge in [0.05, 0.1) is 5.69 Å². The molecule has 74 valence electrons. The van der Waals surface area contributed by atoms with E-state index in [1.54, 1.807) is 24.8 Å². The largest absolute Gasteiger partial charge is 0.404 e. The average Bonchev–Trinajstić information content (AvgIpc) is 2.20. The van der Waals surface area contributed by atoms with Gasteiger partial charge in [-0.25, -0.2) is 0 Å². The van der Waals surface area contributed by atoms with Gasteiger partial charge >= 0.3 is 0 Å². The second kappa shape index (κ2) is 5.17. The summed E-state index contributed by atoms with van der Waals surface area (Å²) in [5.74, 6) is 0.394. The van der Waals surface area contributed by atoms with Crippen molar-refractivity contribution in [1.82, 2.24) is 4.98 Å². The summed E-state index contributed by atoms with van der Waals surface area (Å²) in [5.41, 5.74) is 7.39. The zero-order chi connectivity index (χ0) is 10.4. The monoisotopic (exact) mass is 189 g/mol. The van der Waals surface area contributed by atoms with Crippen LogP contribution in [-0.4, -0.2) is 11.2 Å². The van der Waals surface area contributed by atoms with Gasteiger partial charge in [-0.2, -0.15) is 0 Å². The molecule has 14 heavy (non-hydrogen) atoms. The van der Waals surface area contributed by atoms with E-state index in [1.165, 1.54) is 0 Å². The summed E-state index contributed by atoms with van der Waals surface area (Å²) < 4.78 is 0. The van der Waals surface area contributed by atoms with Gasteiger partial charge < -0.3 is 5.73 Å². The van der Waals surface area contributed by atoms with Crippen LogP contribution in [0.4, 0.5) is 5.69 Å². The van der Waals surface area contributed by atoms with Gasteiger partial charge in [-0.1, -0.05) is 13.8 Å². The number of hydrogen-bond donors (Lipinski definition) is 1. The maximum absolute atomic E-state index is 5.47. The van der Waals surface area contributed by atoms with Gasteiger partial charge in [-0.05, 0) is 29.8 Å². The molecule has 1 rings (SSSR count). The van der Waals surface area contributed by atoms with Gasteiger partial charge in [0, 0.05) is 18.6 Å². The average molecular weight is 189 g/mol. The van der Waals surface area contributed by atoms with Crippen LogP contribution < -0.4 is 5.73 Å². The van der Waals surface area contributed by atoms with Gasteiger partial charge in [0.1, 0.15) is 0 Å². The molecule has 0 aromatic carbocycles. The highest BCUT2D eigenvalue weighted by molar-refractivity contribution is 5.81. The Morgan fingerprint density at radius 3 is 2.57 bits per heavy atom. The van der Waals surface area contributed by atoms with Crippen molar-refractivity contribution < 1.29 is 0 Å². The van der Waals surface area contributed by atoms with Crippen LogP contribution in [0.5, 0.6) is 0 Å². The molecule has 0 bridgehead atoms. The smallest absolute Gasteiger partial charge is 0.0660 e. The van der Waals surface area contributed by atoms with Gasteiger partial charge in [0.2, 0.25) is 0 Å². The first-order valence-corrected chi connectivity index (χ1v) is 4.60. The van der Waals surface area contributed by atoms with E-state index in [0.717, 1.165) is 11.3 Å². The quantitative estimate of drug-likeness (QED) is 0.741. The third kappa shape index (κ3) is 3.01. The van der Waals surface area contributed by atoms with E-state index in [2.05, 4.69) is 23.8 Å². The van der Waals surface area contributed by atoms with Crippen LogP contribution in [0, 0.1) is 5.92 Å². The van der Waals surface area contributed by atoms with Crippen LogP contribution in [0.25, 0.3) is 0 Å². The number of hydrogen-bond acceptors (Lipinski definition) is 3. The molecule has 3 nitrogen and oxygen atoms in total. The van der Waals surface area contributed by atoms with Crippen LogP contribution in [0.15, 0.2) is 41.3 Å². The van der Waals surface area contributed by atoms with E-state index in [-0.39, 0.29) is 0 Å². The number of rotatable bonds is 3. The van der Waals surface area contributed by atoms with Crippen molar-refractivity contribution in [2.24, 2.45) is 16.6 Å². The van der Waals surface area contributed by atoms with E-state index < -0.39 is 0 Å². The third-order valence-electron chi connectivity index (χ3n) is 1.88.